The Kier molecular flexibility index (Phi) is 5.87. The first-order valence-corrected chi connectivity index (χ1v) is 13.4. The summed E-state index contributed by atoms with van der Waals surface area (Å²) >= 11 is 0. The Morgan fingerprint density at radius 3 is 2.71 bits per heavy atom. The molecule has 2 aromatic rings. The van der Waals surface area contributed by atoms with Gasteiger partial charge in [-0.25, -0.2) is 9.67 Å². The zero-order chi connectivity index (χ0) is 24.1. The molecule has 0 radical (unpaired) electrons. The zero-order valence-electron chi connectivity index (χ0n) is 21.6. The van der Waals surface area contributed by atoms with Crippen molar-refractivity contribution >= 4 is 11.4 Å². The quantitative estimate of drug-likeness (QED) is 0.719. The Labute approximate surface area is 208 Å². The lowest BCUT2D eigenvalue weighted by Crippen LogP contribution is -2.41. The molecule has 0 aliphatic carbocycles. The fourth-order valence-corrected chi connectivity index (χ4v) is 6.38. The van der Waals surface area contributed by atoms with Crippen LogP contribution in [0.25, 0.3) is 5.70 Å². The van der Waals surface area contributed by atoms with Crippen molar-refractivity contribution in [2.45, 2.75) is 64.7 Å². The van der Waals surface area contributed by atoms with Gasteiger partial charge in [0.1, 0.15) is 24.3 Å². The lowest BCUT2D eigenvalue weighted by molar-refractivity contribution is 0.199. The number of hydrogen-bond donors (Lipinski definition) is 1. The first kappa shape index (κ1) is 22.7. The van der Waals surface area contributed by atoms with E-state index in [1.165, 1.54) is 50.0 Å². The molecule has 4 aliphatic rings. The van der Waals surface area contributed by atoms with Gasteiger partial charge in [0, 0.05) is 42.1 Å². The van der Waals surface area contributed by atoms with E-state index < -0.39 is 0 Å². The van der Waals surface area contributed by atoms with E-state index in [9.17, 15) is 0 Å². The molecule has 0 amide bonds. The first-order valence-electron chi connectivity index (χ1n) is 13.4. The Morgan fingerprint density at radius 2 is 1.91 bits per heavy atom. The summed E-state index contributed by atoms with van der Waals surface area (Å²) in [6.07, 6.45) is 7.47. The third-order valence-corrected chi connectivity index (χ3v) is 8.22. The molecule has 2 saturated heterocycles. The number of rotatable bonds is 4. The standard InChI is InChI=1S/C27H39N7O/c1-18(2)34-27(28-19(3)30-34)23-17-32-14-15-35-25-16-21(7-8-22(25)26(32)29-23)33-11-5-6-24(33)20-9-12-31(4)13-10-20/h7-8,16-18,20,24,26,29H,5-6,9-15H2,1-4H3. The average molecular weight is 478 g/mol. The van der Waals surface area contributed by atoms with Crippen LogP contribution in [0.4, 0.5) is 5.69 Å². The molecule has 2 fully saturated rings. The predicted molar refractivity (Wildman–Crippen MR) is 138 cm³/mol. The van der Waals surface area contributed by atoms with Gasteiger partial charge in [0.05, 0.1) is 12.2 Å². The van der Waals surface area contributed by atoms with Crippen LogP contribution in [0.1, 0.15) is 69.0 Å². The van der Waals surface area contributed by atoms with Gasteiger partial charge >= 0.3 is 0 Å². The molecule has 1 aromatic heterocycles. The molecule has 8 nitrogen and oxygen atoms in total. The largest absolute Gasteiger partial charge is 0.491 e. The summed E-state index contributed by atoms with van der Waals surface area (Å²) in [5, 5.41) is 8.35. The zero-order valence-corrected chi connectivity index (χ0v) is 21.6. The summed E-state index contributed by atoms with van der Waals surface area (Å²) in [4.78, 5) is 12.2. The van der Waals surface area contributed by atoms with Gasteiger partial charge in [0.2, 0.25) is 0 Å². The molecule has 188 valence electrons. The number of nitrogens with one attached hydrogen (secondary N) is 1. The lowest BCUT2D eigenvalue weighted by atomic mass is 9.88. The Balaban J connectivity index is 1.25. The second-order valence-electron chi connectivity index (χ2n) is 11.0. The van der Waals surface area contributed by atoms with Crippen molar-refractivity contribution in [1.82, 2.24) is 29.9 Å². The number of aromatic nitrogens is 3. The number of fused-ring (bicyclic) bond motifs is 3. The van der Waals surface area contributed by atoms with Gasteiger partial charge in [-0.3, -0.25) is 0 Å². The molecule has 2 atom stereocenters. The molecule has 1 aromatic carbocycles. The monoisotopic (exact) mass is 477 g/mol. The first-order chi connectivity index (χ1) is 17.0. The van der Waals surface area contributed by atoms with Crippen molar-refractivity contribution in [3.05, 3.63) is 41.6 Å². The van der Waals surface area contributed by atoms with E-state index in [1.807, 2.05) is 11.6 Å². The van der Waals surface area contributed by atoms with E-state index in [0.717, 1.165) is 42.1 Å². The van der Waals surface area contributed by atoms with Crippen molar-refractivity contribution < 1.29 is 4.74 Å². The average Bonchev–Trinajstić information content (AvgIpc) is 3.56. The maximum Gasteiger partial charge on any atom is 0.176 e. The van der Waals surface area contributed by atoms with E-state index in [4.69, 9.17) is 9.72 Å². The second kappa shape index (κ2) is 9.04. The van der Waals surface area contributed by atoms with E-state index in [-0.39, 0.29) is 12.2 Å². The topological polar surface area (TPSA) is 61.7 Å². The molecule has 5 heterocycles. The molecule has 0 saturated carbocycles. The molecule has 1 N–H and O–H groups in total. The van der Waals surface area contributed by atoms with Gasteiger partial charge in [0.15, 0.2) is 5.82 Å². The molecular formula is C27H39N7O. The van der Waals surface area contributed by atoms with Crippen LogP contribution in [0.5, 0.6) is 5.75 Å². The fourth-order valence-electron chi connectivity index (χ4n) is 6.38. The van der Waals surface area contributed by atoms with Crippen LogP contribution in [0.3, 0.4) is 0 Å². The van der Waals surface area contributed by atoms with E-state index in [0.29, 0.717) is 12.6 Å². The Hall–Kier alpha value is -2.74. The summed E-state index contributed by atoms with van der Waals surface area (Å²) in [6, 6.07) is 7.81. The lowest BCUT2D eigenvalue weighted by Gasteiger charge is -2.38. The van der Waals surface area contributed by atoms with Crippen molar-refractivity contribution in [3.8, 4) is 5.75 Å². The minimum atomic E-state index is 0.0532. The number of likely N-dealkylation sites (tertiary alicyclic amines) is 1. The molecule has 2 unspecified atom stereocenters. The van der Waals surface area contributed by atoms with Crippen LogP contribution in [-0.2, 0) is 0 Å². The van der Waals surface area contributed by atoms with Crippen molar-refractivity contribution in [2.24, 2.45) is 5.92 Å². The number of piperidine rings is 1. The smallest absolute Gasteiger partial charge is 0.176 e. The van der Waals surface area contributed by atoms with Gasteiger partial charge in [-0.15, -0.1) is 0 Å². The summed E-state index contributed by atoms with van der Waals surface area (Å²) in [5.41, 5.74) is 3.54. The molecular weight excluding hydrogens is 438 g/mol. The van der Waals surface area contributed by atoms with Gasteiger partial charge in [-0.1, -0.05) is 0 Å². The highest BCUT2D eigenvalue weighted by molar-refractivity contribution is 5.63. The third-order valence-electron chi connectivity index (χ3n) is 8.22. The molecule has 0 spiro atoms. The van der Waals surface area contributed by atoms with Gasteiger partial charge in [-0.05, 0) is 84.6 Å². The molecule has 35 heavy (non-hydrogen) atoms. The number of nitrogens with zero attached hydrogens (tertiary/aromatic N) is 6. The third kappa shape index (κ3) is 4.15. The summed E-state index contributed by atoms with van der Waals surface area (Å²) in [5.74, 6) is 3.51. The van der Waals surface area contributed by atoms with Gasteiger partial charge in [0.25, 0.3) is 0 Å². The Bertz CT molecular complexity index is 1100. The van der Waals surface area contributed by atoms with Gasteiger partial charge in [-0.2, -0.15) is 5.10 Å². The number of aryl methyl sites for hydroxylation is 1. The molecule has 6 rings (SSSR count). The summed E-state index contributed by atoms with van der Waals surface area (Å²) in [7, 11) is 2.25. The van der Waals surface area contributed by atoms with Crippen molar-refractivity contribution in [2.75, 3.05) is 44.7 Å². The predicted octanol–water partition coefficient (Wildman–Crippen LogP) is 3.77. The van der Waals surface area contributed by atoms with Crippen LogP contribution in [0, 0.1) is 12.8 Å². The maximum atomic E-state index is 6.31. The highest BCUT2D eigenvalue weighted by Gasteiger charge is 2.36. The maximum absolute atomic E-state index is 6.31. The van der Waals surface area contributed by atoms with Crippen molar-refractivity contribution in [3.63, 3.8) is 0 Å². The van der Waals surface area contributed by atoms with Crippen LogP contribution in [0.2, 0.25) is 0 Å². The normalized spacial score (nSPS) is 25.2. The minimum absolute atomic E-state index is 0.0532. The SMILES string of the molecule is Cc1nc(C2=CN3CCOc4cc(N5CCCC5C5CCN(C)CC5)ccc4C3N2)n(C(C)C)n1. The summed E-state index contributed by atoms with van der Waals surface area (Å²) in [6.45, 7) is 11.4. The second-order valence-corrected chi connectivity index (χ2v) is 11.0. The fraction of sp³-hybridized carbons (Fsp3) is 0.630. The van der Waals surface area contributed by atoms with Gasteiger partial charge < -0.3 is 24.8 Å². The van der Waals surface area contributed by atoms with Crippen molar-refractivity contribution in [1.29, 1.82) is 0 Å². The number of benzene rings is 1. The van der Waals surface area contributed by atoms with E-state index in [2.05, 4.69) is 70.4 Å². The van der Waals surface area contributed by atoms with Crippen LogP contribution in [0.15, 0.2) is 24.4 Å². The van der Waals surface area contributed by atoms with E-state index in [1.54, 1.807) is 0 Å². The summed E-state index contributed by atoms with van der Waals surface area (Å²) < 4.78 is 8.32. The van der Waals surface area contributed by atoms with E-state index >= 15 is 0 Å². The number of ether oxygens (including phenoxy) is 1. The highest BCUT2D eigenvalue weighted by Crippen LogP contribution is 2.41. The number of anilines is 1. The van der Waals surface area contributed by atoms with Crippen LogP contribution < -0.4 is 15.0 Å². The van der Waals surface area contributed by atoms with Crippen LogP contribution >= 0.6 is 0 Å². The number of hydrogen-bond acceptors (Lipinski definition) is 7. The van der Waals surface area contributed by atoms with Crippen LogP contribution in [-0.4, -0.2) is 70.4 Å². The molecule has 4 aliphatic heterocycles. The Morgan fingerprint density at radius 1 is 1.09 bits per heavy atom. The highest BCUT2D eigenvalue weighted by atomic mass is 16.5. The minimum Gasteiger partial charge on any atom is -0.491 e. The molecule has 8 heteroatoms. The molecule has 0 bridgehead atoms.